The standard InChI is InChI=1S/C32H38F3N5O4/c1-29(2,3)44-28(41)39-14-13-30(9-10-30)24(19-39)43-25-18-36-17-22(37-25)27-21-16-20(31(11-12-31)32(33,34)35)7-8-23(21)40(38-27)26-6-4-5-15-42-26/h7-8,16-18,24,26H,4-6,9-15,19H2,1-3H3/t24-,26?/m0/s1. The number of fused-ring (bicyclic) bond motifs is 1. The van der Waals surface area contributed by atoms with Crippen LogP contribution in [0, 0.1) is 5.41 Å². The molecule has 2 aromatic heterocycles. The van der Waals surface area contributed by atoms with Crippen molar-refractivity contribution >= 4 is 17.0 Å². The van der Waals surface area contributed by atoms with Crippen LogP contribution in [0.15, 0.2) is 30.6 Å². The maximum Gasteiger partial charge on any atom is 0.410 e. The Bertz CT molecular complexity index is 1570. The molecule has 0 N–H and O–H groups in total. The van der Waals surface area contributed by atoms with Crippen molar-refractivity contribution in [2.45, 2.75) is 102 Å². The Balaban J connectivity index is 1.22. The lowest BCUT2D eigenvalue weighted by atomic mass is 9.90. The maximum atomic E-state index is 14.1. The van der Waals surface area contributed by atoms with Crippen LogP contribution in [0.3, 0.4) is 0 Å². The van der Waals surface area contributed by atoms with E-state index in [4.69, 9.17) is 24.3 Å². The Morgan fingerprint density at radius 1 is 1.07 bits per heavy atom. The van der Waals surface area contributed by atoms with E-state index in [1.807, 2.05) is 20.8 Å². The molecule has 2 saturated heterocycles. The van der Waals surface area contributed by atoms with Gasteiger partial charge in [-0.1, -0.05) is 6.07 Å². The quantitative estimate of drug-likeness (QED) is 0.307. The highest BCUT2D eigenvalue weighted by atomic mass is 19.4. The lowest BCUT2D eigenvalue weighted by Gasteiger charge is -2.39. The van der Waals surface area contributed by atoms with Gasteiger partial charge in [-0.05, 0) is 89.8 Å². The van der Waals surface area contributed by atoms with Gasteiger partial charge in [0.05, 0.1) is 29.9 Å². The molecule has 4 heterocycles. The van der Waals surface area contributed by atoms with E-state index >= 15 is 0 Å². The van der Waals surface area contributed by atoms with E-state index in [2.05, 4.69) is 4.98 Å². The van der Waals surface area contributed by atoms with Crippen LogP contribution in [-0.2, 0) is 14.9 Å². The first-order chi connectivity index (χ1) is 20.9. The summed E-state index contributed by atoms with van der Waals surface area (Å²) in [5.74, 6) is 0.284. The second-order valence-electron chi connectivity index (χ2n) is 13.8. The molecule has 2 atom stereocenters. The van der Waals surface area contributed by atoms with E-state index in [1.165, 1.54) is 6.20 Å². The Hall–Kier alpha value is -3.41. The molecule has 44 heavy (non-hydrogen) atoms. The van der Waals surface area contributed by atoms with Crippen LogP contribution in [0.5, 0.6) is 5.88 Å². The SMILES string of the molecule is CC(C)(C)OC(=O)N1CCC2(CC2)[C@@H](Oc2cncc(-c3nn(C4CCCCO4)c4ccc(C5(C(F)(F)F)CC5)cc34)n2)C1. The average Bonchev–Trinajstić information content (AvgIpc) is 3.91. The molecule has 7 rings (SSSR count). The van der Waals surface area contributed by atoms with E-state index in [9.17, 15) is 18.0 Å². The van der Waals surface area contributed by atoms with Crippen LogP contribution in [0.1, 0.15) is 83.9 Å². The molecule has 3 aromatic rings. The van der Waals surface area contributed by atoms with Gasteiger partial charge in [-0.3, -0.25) is 4.98 Å². The first-order valence-corrected chi connectivity index (χ1v) is 15.6. The molecule has 12 heteroatoms. The number of benzene rings is 1. The lowest BCUT2D eigenvalue weighted by molar-refractivity contribution is -0.160. The highest BCUT2D eigenvalue weighted by Crippen LogP contribution is 2.59. The minimum absolute atomic E-state index is 0.0200. The molecule has 1 amide bonds. The van der Waals surface area contributed by atoms with Crippen LogP contribution in [0.2, 0.25) is 0 Å². The second-order valence-corrected chi connectivity index (χ2v) is 13.8. The molecule has 2 saturated carbocycles. The summed E-state index contributed by atoms with van der Waals surface area (Å²) in [4.78, 5) is 23.7. The molecule has 4 aliphatic rings. The third-order valence-corrected chi connectivity index (χ3v) is 9.59. The average molecular weight is 614 g/mol. The van der Waals surface area contributed by atoms with Crippen LogP contribution >= 0.6 is 0 Å². The fraction of sp³-hybridized carbons (Fsp3) is 0.625. The van der Waals surface area contributed by atoms with Gasteiger partial charge in [0.25, 0.3) is 0 Å². The minimum Gasteiger partial charge on any atom is -0.471 e. The molecular formula is C32H38F3N5O4. The zero-order valence-corrected chi connectivity index (χ0v) is 25.3. The number of carbonyl (C=O) groups is 1. The Kier molecular flexibility index (Phi) is 6.87. The van der Waals surface area contributed by atoms with Crippen LogP contribution in [-0.4, -0.2) is 68.3 Å². The van der Waals surface area contributed by atoms with Crippen molar-refractivity contribution in [3.05, 3.63) is 36.2 Å². The molecule has 4 fully saturated rings. The van der Waals surface area contributed by atoms with Crippen molar-refractivity contribution in [3.63, 3.8) is 0 Å². The lowest BCUT2D eigenvalue weighted by Crippen LogP contribution is -2.51. The zero-order chi connectivity index (χ0) is 30.9. The van der Waals surface area contributed by atoms with Crippen molar-refractivity contribution in [2.75, 3.05) is 19.7 Å². The van der Waals surface area contributed by atoms with Crippen molar-refractivity contribution in [2.24, 2.45) is 5.41 Å². The highest BCUT2D eigenvalue weighted by molar-refractivity contribution is 5.93. The van der Waals surface area contributed by atoms with Crippen molar-refractivity contribution in [3.8, 4) is 17.3 Å². The number of likely N-dealkylation sites (tertiary alicyclic amines) is 1. The normalized spacial score (nSPS) is 24.4. The maximum absolute atomic E-state index is 14.1. The number of hydrogen-bond donors (Lipinski definition) is 0. The number of carbonyl (C=O) groups excluding carboxylic acids is 1. The van der Waals surface area contributed by atoms with Gasteiger partial charge in [0, 0.05) is 24.0 Å². The van der Waals surface area contributed by atoms with E-state index in [0.717, 1.165) is 38.5 Å². The Morgan fingerprint density at radius 3 is 2.52 bits per heavy atom. The van der Waals surface area contributed by atoms with Crippen LogP contribution in [0.25, 0.3) is 22.3 Å². The second kappa shape index (κ2) is 10.3. The summed E-state index contributed by atoms with van der Waals surface area (Å²) in [6.45, 7) is 7.11. The summed E-state index contributed by atoms with van der Waals surface area (Å²) in [7, 11) is 0. The van der Waals surface area contributed by atoms with Gasteiger partial charge < -0.3 is 19.1 Å². The number of aromatic nitrogens is 4. The molecule has 9 nitrogen and oxygen atoms in total. The van der Waals surface area contributed by atoms with E-state index in [0.29, 0.717) is 42.0 Å². The topological polar surface area (TPSA) is 91.6 Å². The molecule has 2 aliphatic carbocycles. The molecule has 0 radical (unpaired) electrons. The number of alkyl halides is 3. The predicted octanol–water partition coefficient (Wildman–Crippen LogP) is 6.95. The number of halogens is 3. The third-order valence-electron chi connectivity index (χ3n) is 9.59. The first-order valence-electron chi connectivity index (χ1n) is 15.6. The predicted molar refractivity (Wildman–Crippen MR) is 155 cm³/mol. The number of hydrogen-bond acceptors (Lipinski definition) is 7. The van der Waals surface area contributed by atoms with Gasteiger partial charge in [-0.15, -0.1) is 0 Å². The fourth-order valence-corrected chi connectivity index (χ4v) is 6.68. The summed E-state index contributed by atoms with van der Waals surface area (Å²) in [5, 5.41) is 5.45. The van der Waals surface area contributed by atoms with E-state index in [1.54, 1.807) is 34.0 Å². The monoisotopic (exact) mass is 613 g/mol. The number of piperidine rings is 1. The van der Waals surface area contributed by atoms with Gasteiger partial charge >= 0.3 is 12.3 Å². The Labute approximate surface area is 254 Å². The fourth-order valence-electron chi connectivity index (χ4n) is 6.68. The first kappa shape index (κ1) is 29.3. The van der Waals surface area contributed by atoms with Gasteiger partial charge in [-0.25, -0.2) is 14.5 Å². The summed E-state index contributed by atoms with van der Waals surface area (Å²) >= 11 is 0. The van der Waals surface area contributed by atoms with E-state index in [-0.39, 0.29) is 48.1 Å². The molecule has 236 valence electrons. The van der Waals surface area contributed by atoms with Crippen LogP contribution < -0.4 is 4.74 Å². The molecule has 1 spiro atoms. The van der Waals surface area contributed by atoms with Crippen molar-refractivity contribution in [1.82, 2.24) is 24.6 Å². The van der Waals surface area contributed by atoms with E-state index < -0.39 is 17.2 Å². The van der Waals surface area contributed by atoms with Crippen molar-refractivity contribution < 1.29 is 32.2 Å². The van der Waals surface area contributed by atoms with Gasteiger partial charge in [0.1, 0.15) is 23.1 Å². The summed E-state index contributed by atoms with van der Waals surface area (Å²) < 4.78 is 62.1. The molecule has 1 aromatic carbocycles. The molecule has 1 unspecified atom stereocenters. The zero-order valence-electron chi connectivity index (χ0n) is 25.3. The van der Waals surface area contributed by atoms with Gasteiger partial charge in [0.2, 0.25) is 5.88 Å². The summed E-state index contributed by atoms with van der Waals surface area (Å²) in [6.07, 6.45) is 3.46. The largest absolute Gasteiger partial charge is 0.471 e. The number of nitrogens with zero attached hydrogens (tertiary/aromatic N) is 5. The molecule has 2 aliphatic heterocycles. The van der Waals surface area contributed by atoms with Crippen molar-refractivity contribution in [1.29, 1.82) is 0 Å². The highest BCUT2D eigenvalue weighted by Gasteiger charge is 2.64. The van der Waals surface area contributed by atoms with Gasteiger partial charge in [0.15, 0.2) is 6.23 Å². The van der Waals surface area contributed by atoms with Gasteiger partial charge in [-0.2, -0.15) is 18.3 Å². The number of rotatable bonds is 5. The third kappa shape index (κ3) is 5.28. The minimum atomic E-state index is -4.33. The smallest absolute Gasteiger partial charge is 0.410 e. The summed E-state index contributed by atoms with van der Waals surface area (Å²) in [5.41, 5.74) is -0.669. The van der Waals surface area contributed by atoms with Crippen LogP contribution in [0.4, 0.5) is 18.0 Å². The summed E-state index contributed by atoms with van der Waals surface area (Å²) in [6, 6.07) is 4.92. The number of amides is 1. The number of ether oxygens (including phenoxy) is 3. The molecule has 0 bridgehead atoms. The Morgan fingerprint density at radius 2 is 1.86 bits per heavy atom. The molecular weight excluding hydrogens is 575 g/mol.